The molecule has 0 aliphatic carbocycles. The summed E-state index contributed by atoms with van der Waals surface area (Å²) < 4.78 is 28.5. The molecule has 172 valence electrons. The summed E-state index contributed by atoms with van der Waals surface area (Å²) in [6.07, 6.45) is 2.04. The first-order valence-electron chi connectivity index (χ1n) is 9.51. The molecule has 1 aromatic carbocycles. The number of oxazole rings is 1. The van der Waals surface area contributed by atoms with Gasteiger partial charge in [0.2, 0.25) is 11.4 Å². The predicted octanol–water partition coefficient (Wildman–Crippen LogP) is 2.77. The fourth-order valence-corrected chi connectivity index (χ4v) is 5.13. The predicted molar refractivity (Wildman–Crippen MR) is 119 cm³/mol. The van der Waals surface area contributed by atoms with Crippen LogP contribution < -0.4 is 10.2 Å². The van der Waals surface area contributed by atoms with Crippen molar-refractivity contribution in [2.75, 3.05) is 23.8 Å². The lowest BCUT2D eigenvalue weighted by atomic mass is 10.2. The molecule has 3 aromatic rings. The third kappa shape index (κ3) is 6.04. The Bertz CT molecular complexity index is 1120. The number of nitrogens with one attached hydrogen (secondary N) is 1. The molecule has 0 saturated carbocycles. The third-order valence-electron chi connectivity index (χ3n) is 4.70. The van der Waals surface area contributed by atoms with Crippen LogP contribution >= 0.6 is 15.2 Å². The molecule has 0 radical (unpaired) electrons. The standard InChI is InChI=1S/C19H24N4O7P2/c1-13-16(21-18(30-13)14-6-4-3-5-7-14)10-11-23(2)15-8-9-17(20-12-15)22-19(31(24,25)26)32(27,28)29/h3-9,12,19H,10-11H2,1-2H3,(H,20,22)(H2,24,25,26)(H2,27,28,29). The number of likely N-dealkylation sites (N-methyl/N-ethyl adjacent to an activating group) is 1. The van der Waals surface area contributed by atoms with Crippen molar-refractivity contribution < 1.29 is 33.1 Å². The summed E-state index contributed by atoms with van der Waals surface area (Å²) in [6.45, 7) is 2.44. The van der Waals surface area contributed by atoms with Gasteiger partial charge in [-0.3, -0.25) is 9.13 Å². The molecule has 11 nitrogen and oxygen atoms in total. The molecular weight excluding hydrogens is 458 g/mol. The Morgan fingerprint density at radius 2 is 1.72 bits per heavy atom. The molecule has 0 bridgehead atoms. The molecule has 0 unspecified atom stereocenters. The van der Waals surface area contributed by atoms with Crippen LogP contribution in [0.5, 0.6) is 0 Å². The molecule has 0 atom stereocenters. The van der Waals surface area contributed by atoms with Gasteiger partial charge in [-0.05, 0) is 31.2 Å². The highest BCUT2D eigenvalue weighted by Crippen LogP contribution is 2.59. The highest BCUT2D eigenvalue weighted by Gasteiger charge is 2.43. The number of hydrogen-bond acceptors (Lipinski definition) is 7. The Morgan fingerprint density at radius 1 is 1.06 bits per heavy atom. The third-order valence-corrected chi connectivity index (χ3v) is 8.04. The molecule has 0 spiro atoms. The first kappa shape index (κ1) is 24.1. The van der Waals surface area contributed by atoms with Crippen LogP contribution in [0.15, 0.2) is 53.1 Å². The van der Waals surface area contributed by atoms with Crippen molar-refractivity contribution in [3.63, 3.8) is 0 Å². The highest BCUT2D eigenvalue weighted by atomic mass is 31.2. The first-order valence-corrected chi connectivity index (χ1v) is 12.9. The zero-order valence-electron chi connectivity index (χ0n) is 17.4. The van der Waals surface area contributed by atoms with Crippen LogP contribution in [0.2, 0.25) is 0 Å². The highest BCUT2D eigenvalue weighted by molar-refractivity contribution is 7.71. The summed E-state index contributed by atoms with van der Waals surface area (Å²) in [5, 5.41) is 2.13. The molecular formula is C19H24N4O7P2. The summed E-state index contributed by atoms with van der Waals surface area (Å²) in [6, 6.07) is 12.6. The van der Waals surface area contributed by atoms with Gasteiger partial charge in [0.25, 0.3) is 0 Å². The van der Waals surface area contributed by atoms with E-state index in [1.165, 1.54) is 12.3 Å². The van der Waals surface area contributed by atoms with Gasteiger partial charge >= 0.3 is 15.2 Å². The summed E-state index contributed by atoms with van der Waals surface area (Å²) in [5.74, 6) is 1.22. The normalized spacial score (nSPS) is 12.2. The molecule has 13 heteroatoms. The smallest absolute Gasteiger partial charge is 0.360 e. The molecule has 2 aromatic heterocycles. The molecule has 0 amide bonds. The van der Waals surface area contributed by atoms with Crippen molar-refractivity contribution in [2.24, 2.45) is 0 Å². The van der Waals surface area contributed by atoms with Crippen molar-refractivity contribution in [3.05, 3.63) is 60.1 Å². The Hall–Kier alpha value is -2.52. The maximum atomic E-state index is 11.4. The fourth-order valence-electron chi connectivity index (χ4n) is 2.96. The molecule has 3 rings (SSSR count). The van der Waals surface area contributed by atoms with Gasteiger partial charge in [-0.1, -0.05) is 18.2 Å². The summed E-state index contributed by atoms with van der Waals surface area (Å²) in [5.41, 5.74) is 0.0587. The second-order valence-corrected chi connectivity index (χ2v) is 11.0. The van der Waals surface area contributed by atoms with Crippen LogP contribution in [-0.2, 0) is 15.6 Å². The monoisotopic (exact) mass is 482 g/mol. The minimum absolute atomic E-state index is 0.0707. The quantitative estimate of drug-likeness (QED) is 0.284. The molecule has 2 heterocycles. The van der Waals surface area contributed by atoms with Crippen LogP contribution in [0.25, 0.3) is 11.5 Å². The van der Waals surface area contributed by atoms with Gasteiger partial charge in [-0.25, -0.2) is 9.97 Å². The number of aryl methyl sites for hydroxylation is 1. The molecule has 0 saturated heterocycles. The van der Waals surface area contributed by atoms with E-state index >= 15 is 0 Å². The number of rotatable bonds is 9. The molecule has 0 aliphatic heterocycles. The van der Waals surface area contributed by atoms with E-state index in [1.54, 1.807) is 6.07 Å². The van der Waals surface area contributed by atoms with Crippen LogP contribution in [0, 0.1) is 6.92 Å². The molecule has 0 fully saturated rings. The molecule has 0 aliphatic rings. The van der Waals surface area contributed by atoms with Gasteiger partial charge in [0, 0.05) is 25.6 Å². The Kier molecular flexibility index (Phi) is 7.19. The average Bonchev–Trinajstić information content (AvgIpc) is 3.10. The Labute approximate surface area is 184 Å². The van der Waals surface area contributed by atoms with E-state index in [4.69, 9.17) is 4.42 Å². The SMILES string of the molecule is Cc1oc(-c2ccccc2)nc1CCN(C)c1ccc(NC(P(=O)(O)O)P(=O)(O)O)nc1. The van der Waals surface area contributed by atoms with Crippen LogP contribution in [0.1, 0.15) is 11.5 Å². The minimum atomic E-state index is -5.10. The van der Waals surface area contributed by atoms with Crippen molar-refractivity contribution in [1.29, 1.82) is 0 Å². The zero-order chi connectivity index (χ0) is 23.5. The summed E-state index contributed by atoms with van der Waals surface area (Å²) >= 11 is 0. The average molecular weight is 482 g/mol. The van der Waals surface area contributed by atoms with Crippen LogP contribution in [0.4, 0.5) is 11.5 Å². The number of pyridine rings is 1. The van der Waals surface area contributed by atoms with Gasteiger partial charge in [-0.2, -0.15) is 0 Å². The van der Waals surface area contributed by atoms with Crippen LogP contribution in [0.3, 0.4) is 0 Å². The van der Waals surface area contributed by atoms with E-state index in [0.29, 0.717) is 24.5 Å². The van der Waals surface area contributed by atoms with E-state index in [9.17, 15) is 28.7 Å². The van der Waals surface area contributed by atoms with Gasteiger partial charge in [0.1, 0.15) is 11.6 Å². The van der Waals surface area contributed by atoms with Crippen molar-refractivity contribution in [1.82, 2.24) is 9.97 Å². The van der Waals surface area contributed by atoms with Gasteiger partial charge < -0.3 is 34.2 Å². The number of hydrogen-bond donors (Lipinski definition) is 5. The largest absolute Gasteiger partial charge is 0.441 e. The number of anilines is 2. The van der Waals surface area contributed by atoms with Crippen molar-refractivity contribution in [2.45, 2.75) is 18.9 Å². The van der Waals surface area contributed by atoms with Gasteiger partial charge in [0.05, 0.1) is 17.6 Å². The second-order valence-electron chi connectivity index (χ2n) is 7.16. The lowest BCUT2D eigenvalue weighted by Crippen LogP contribution is -2.22. The summed E-state index contributed by atoms with van der Waals surface area (Å²) in [4.78, 5) is 47.3. The number of nitrogens with zero attached hydrogens (tertiary/aromatic N) is 3. The zero-order valence-corrected chi connectivity index (χ0v) is 19.1. The van der Waals surface area contributed by atoms with Gasteiger partial charge in [-0.15, -0.1) is 0 Å². The molecule has 32 heavy (non-hydrogen) atoms. The number of benzene rings is 1. The topological polar surface area (TPSA) is 169 Å². The van der Waals surface area contributed by atoms with Crippen LogP contribution in [-0.4, -0.2) is 48.7 Å². The van der Waals surface area contributed by atoms with Crippen molar-refractivity contribution in [3.8, 4) is 11.5 Å². The molecule has 5 N–H and O–H groups in total. The second kappa shape index (κ2) is 9.54. The maximum Gasteiger partial charge on any atom is 0.360 e. The lowest BCUT2D eigenvalue weighted by Gasteiger charge is -2.22. The Balaban J connectivity index is 1.64. The van der Waals surface area contributed by atoms with E-state index in [-0.39, 0.29) is 5.82 Å². The number of aromatic nitrogens is 2. The minimum Gasteiger partial charge on any atom is -0.441 e. The fraction of sp³-hybridized carbons (Fsp3) is 0.263. The van der Waals surface area contributed by atoms with E-state index in [2.05, 4.69) is 15.3 Å². The van der Waals surface area contributed by atoms with Gasteiger partial charge in [0.15, 0.2) is 0 Å². The first-order chi connectivity index (χ1) is 14.9. The lowest BCUT2D eigenvalue weighted by molar-refractivity contribution is 0.343. The Morgan fingerprint density at radius 3 is 2.28 bits per heavy atom. The maximum absolute atomic E-state index is 11.4. The summed E-state index contributed by atoms with van der Waals surface area (Å²) in [7, 11) is -8.37. The van der Waals surface area contributed by atoms with E-state index in [1.807, 2.05) is 49.2 Å². The van der Waals surface area contributed by atoms with Crippen molar-refractivity contribution >= 4 is 26.7 Å². The van der Waals surface area contributed by atoms with E-state index in [0.717, 1.165) is 17.0 Å². The van der Waals surface area contributed by atoms with E-state index < -0.39 is 20.7 Å².